The fourth-order valence-electron chi connectivity index (χ4n) is 3.81. The van der Waals surface area contributed by atoms with E-state index in [1.54, 1.807) is 11.8 Å². The Kier molecular flexibility index (Phi) is 6.00. The highest BCUT2D eigenvalue weighted by Gasteiger charge is 2.29. The summed E-state index contributed by atoms with van der Waals surface area (Å²) in [5, 5.41) is 2.93. The first-order valence-corrected chi connectivity index (χ1v) is 11.1. The molecule has 0 saturated heterocycles. The van der Waals surface area contributed by atoms with Gasteiger partial charge in [0, 0.05) is 45.4 Å². The van der Waals surface area contributed by atoms with E-state index in [-0.39, 0.29) is 0 Å². The van der Waals surface area contributed by atoms with Gasteiger partial charge in [0.15, 0.2) is 6.10 Å². The minimum Gasteiger partial charge on any atom is -0.436 e. The number of carbonyl (C=O) groups is 1. The van der Waals surface area contributed by atoms with Crippen LogP contribution in [-0.2, 0) is 4.74 Å². The summed E-state index contributed by atoms with van der Waals surface area (Å²) in [6, 6.07) is 22.3. The Bertz CT molecular complexity index is 1020. The van der Waals surface area contributed by atoms with E-state index < -0.39 is 12.2 Å². The van der Waals surface area contributed by atoms with Crippen molar-refractivity contribution in [2.75, 3.05) is 23.3 Å². The summed E-state index contributed by atoms with van der Waals surface area (Å²) in [6.45, 7) is 8.18. The van der Waals surface area contributed by atoms with Crippen LogP contribution in [0, 0.1) is 6.92 Å². The number of ether oxygens (including phenoxy) is 1. The molecule has 3 aromatic carbocycles. The highest BCUT2D eigenvalue weighted by atomic mass is 32.2. The number of rotatable bonds is 5. The van der Waals surface area contributed by atoms with E-state index in [9.17, 15) is 4.79 Å². The van der Waals surface area contributed by atoms with Crippen LogP contribution >= 0.6 is 11.8 Å². The third-order valence-electron chi connectivity index (χ3n) is 5.42. The minimum absolute atomic E-state index is 0.422. The second kappa shape index (κ2) is 8.84. The zero-order valence-corrected chi connectivity index (χ0v) is 18.3. The van der Waals surface area contributed by atoms with Crippen molar-refractivity contribution in [2.45, 2.75) is 36.7 Å². The molecule has 1 amide bonds. The molecule has 1 aliphatic rings. The molecule has 5 heteroatoms. The molecular weight excluding hydrogens is 392 g/mol. The smallest absolute Gasteiger partial charge is 0.412 e. The number of anilines is 2. The van der Waals surface area contributed by atoms with Gasteiger partial charge in [-0.25, -0.2) is 4.79 Å². The molecule has 30 heavy (non-hydrogen) atoms. The molecule has 1 N–H and O–H groups in total. The van der Waals surface area contributed by atoms with Crippen molar-refractivity contribution >= 4 is 29.2 Å². The molecule has 0 bridgehead atoms. The summed E-state index contributed by atoms with van der Waals surface area (Å²) in [5.41, 5.74) is 4.97. The lowest BCUT2D eigenvalue weighted by Crippen LogP contribution is -2.22. The standard InChI is InChI=1S/C25H26N2O2S/c1-4-27(5-2)18-14-15-21(17(3)16-18)26-25(28)29-24-19-10-6-8-12-22(19)30-23-13-9-7-11-20(23)24/h6-16,24H,4-5H2,1-3H3,(H,26,28). The maximum absolute atomic E-state index is 12.8. The van der Waals surface area contributed by atoms with Crippen molar-refractivity contribution in [3.63, 3.8) is 0 Å². The first-order chi connectivity index (χ1) is 14.6. The lowest BCUT2D eigenvalue weighted by atomic mass is 10.0. The Morgan fingerprint density at radius 2 is 1.57 bits per heavy atom. The predicted octanol–water partition coefficient (Wildman–Crippen LogP) is 6.64. The fourth-order valence-corrected chi connectivity index (χ4v) is 4.93. The Morgan fingerprint density at radius 3 is 2.13 bits per heavy atom. The number of hydrogen-bond donors (Lipinski definition) is 1. The largest absolute Gasteiger partial charge is 0.436 e. The van der Waals surface area contributed by atoms with Gasteiger partial charge in [-0.3, -0.25) is 5.32 Å². The summed E-state index contributed by atoms with van der Waals surface area (Å²) in [4.78, 5) is 17.4. The molecule has 0 saturated carbocycles. The van der Waals surface area contributed by atoms with Crippen molar-refractivity contribution in [3.05, 3.63) is 83.4 Å². The van der Waals surface area contributed by atoms with E-state index in [4.69, 9.17) is 4.74 Å². The molecule has 1 heterocycles. The summed E-state index contributed by atoms with van der Waals surface area (Å²) >= 11 is 1.71. The molecule has 0 radical (unpaired) electrons. The van der Waals surface area contributed by atoms with Gasteiger partial charge in [-0.15, -0.1) is 0 Å². The van der Waals surface area contributed by atoms with Gasteiger partial charge in [0.2, 0.25) is 0 Å². The van der Waals surface area contributed by atoms with Crippen molar-refractivity contribution in [3.8, 4) is 0 Å². The van der Waals surface area contributed by atoms with Gasteiger partial charge in [-0.05, 0) is 56.7 Å². The third kappa shape index (κ3) is 4.03. The average molecular weight is 419 g/mol. The molecule has 1 aliphatic heterocycles. The molecule has 0 fully saturated rings. The Morgan fingerprint density at radius 1 is 0.967 bits per heavy atom. The second-order valence-corrected chi connectivity index (χ2v) is 8.34. The van der Waals surface area contributed by atoms with Crippen molar-refractivity contribution in [1.29, 1.82) is 0 Å². The van der Waals surface area contributed by atoms with Crippen molar-refractivity contribution in [1.82, 2.24) is 0 Å². The van der Waals surface area contributed by atoms with E-state index in [1.807, 2.05) is 55.5 Å². The topological polar surface area (TPSA) is 41.6 Å². The van der Waals surface area contributed by atoms with Crippen LogP contribution in [0.5, 0.6) is 0 Å². The fraction of sp³-hybridized carbons (Fsp3) is 0.240. The lowest BCUT2D eigenvalue weighted by Gasteiger charge is -2.27. The molecule has 0 spiro atoms. The maximum Gasteiger partial charge on any atom is 0.412 e. The van der Waals surface area contributed by atoms with Crippen LogP contribution in [0.2, 0.25) is 0 Å². The monoisotopic (exact) mass is 418 g/mol. The summed E-state index contributed by atoms with van der Waals surface area (Å²) < 4.78 is 5.95. The number of benzene rings is 3. The summed E-state index contributed by atoms with van der Waals surface area (Å²) in [6.07, 6.45) is -0.871. The number of amides is 1. The van der Waals surface area contributed by atoms with Crippen molar-refractivity contribution < 1.29 is 9.53 Å². The molecule has 3 aromatic rings. The van der Waals surface area contributed by atoms with Crippen molar-refractivity contribution in [2.24, 2.45) is 0 Å². The van der Waals surface area contributed by atoms with E-state index >= 15 is 0 Å². The molecule has 4 rings (SSSR count). The number of hydrogen-bond acceptors (Lipinski definition) is 4. The molecule has 0 aliphatic carbocycles. The highest BCUT2D eigenvalue weighted by molar-refractivity contribution is 7.99. The zero-order chi connectivity index (χ0) is 21.1. The first-order valence-electron chi connectivity index (χ1n) is 10.3. The molecule has 0 aromatic heterocycles. The van der Waals surface area contributed by atoms with Gasteiger partial charge in [0.25, 0.3) is 0 Å². The van der Waals surface area contributed by atoms with Gasteiger partial charge in [-0.2, -0.15) is 0 Å². The molecule has 0 unspecified atom stereocenters. The van der Waals surface area contributed by atoms with E-state index in [0.717, 1.165) is 50.9 Å². The Balaban J connectivity index is 1.55. The SMILES string of the molecule is CCN(CC)c1ccc(NC(=O)OC2c3ccccc3Sc3ccccc32)c(C)c1. The first kappa shape index (κ1) is 20.4. The zero-order valence-electron chi connectivity index (χ0n) is 17.5. The van der Waals surface area contributed by atoms with Crippen LogP contribution < -0.4 is 10.2 Å². The quantitative estimate of drug-likeness (QED) is 0.504. The third-order valence-corrected chi connectivity index (χ3v) is 6.61. The molecular formula is C25H26N2O2S. The Labute approximate surface area is 182 Å². The molecule has 154 valence electrons. The number of aryl methyl sites for hydroxylation is 1. The van der Waals surface area contributed by atoms with Crippen LogP contribution in [0.3, 0.4) is 0 Å². The van der Waals surface area contributed by atoms with E-state index in [1.165, 1.54) is 0 Å². The van der Waals surface area contributed by atoms with Crippen LogP contribution in [0.4, 0.5) is 16.2 Å². The number of nitrogens with zero attached hydrogens (tertiary/aromatic N) is 1. The van der Waals surface area contributed by atoms with Crippen LogP contribution in [0.25, 0.3) is 0 Å². The van der Waals surface area contributed by atoms with Gasteiger partial charge < -0.3 is 9.64 Å². The van der Waals surface area contributed by atoms with E-state index in [2.05, 4.69) is 42.3 Å². The van der Waals surface area contributed by atoms with Crippen LogP contribution in [-0.4, -0.2) is 19.2 Å². The number of fused-ring (bicyclic) bond motifs is 2. The van der Waals surface area contributed by atoms with E-state index in [0.29, 0.717) is 0 Å². The minimum atomic E-state index is -0.449. The van der Waals surface area contributed by atoms with Gasteiger partial charge in [0.05, 0.1) is 0 Å². The maximum atomic E-state index is 12.8. The molecule has 0 atom stereocenters. The summed E-state index contributed by atoms with van der Waals surface area (Å²) in [7, 11) is 0. The predicted molar refractivity (Wildman–Crippen MR) is 124 cm³/mol. The summed E-state index contributed by atoms with van der Waals surface area (Å²) in [5.74, 6) is 0. The number of nitrogens with one attached hydrogen (secondary N) is 1. The van der Waals surface area contributed by atoms with Gasteiger partial charge >= 0.3 is 6.09 Å². The van der Waals surface area contributed by atoms with Gasteiger partial charge in [-0.1, -0.05) is 48.2 Å². The lowest BCUT2D eigenvalue weighted by molar-refractivity contribution is 0.128. The second-order valence-electron chi connectivity index (χ2n) is 7.26. The van der Waals surface area contributed by atoms with Crippen LogP contribution in [0.15, 0.2) is 76.5 Å². The van der Waals surface area contributed by atoms with Crippen LogP contribution in [0.1, 0.15) is 36.6 Å². The highest BCUT2D eigenvalue weighted by Crippen LogP contribution is 2.46. The van der Waals surface area contributed by atoms with Gasteiger partial charge in [0.1, 0.15) is 0 Å². The molecule has 4 nitrogen and oxygen atoms in total. The Hall–Kier alpha value is -2.92. The normalized spacial score (nSPS) is 12.6. The number of carbonyl (C=O) groups excluding carboxylic acids is 1. The average Bonchev–Trinajstić information content (AvgIpc) is 2.76.